The predicted molar refractivity (Wildman–Crippen MR) is 42.5 cm³/mol. The van der Waals surface area contributed by atoms with Crippen LogP contribution < -0.4 is 5.32 Å². The molecular weight excluding hydrogens is 162 g/mol. The lowest BCUT2D eigenvalue weighted by atomic mass is 10.2. The van der Waals surface area contributed by atoms with E-state index in [1.165, 1.54) is 14.0 Å². The zero-order valence-corrected chi connectivity index (χ0v) is 6.75. The Bertz CT molecular complexity index is 257. The third kappa shape index (κ3) is 2.15. The minimum atomic E-state index is -0.778. The molecule has 66 valence electrons. The summed E-state index contributed by atoms with van der Waals surface area (Å²) in [5.74, 6) is -0.465. The summed E-state index contributed by atoms with van der Waals surface area (Å²) in [7, 11) is 1.39. The number of likely N-dealkylation sites (N-methyl/N-ethyl adjacent to an activating group) is 1. The maximum atomic E-state index is 10.8. The summed E-state index contributed by atoms with van der Waals surface area (Å²) in [6.45, 7) is 1.19. The zero-order valence-electron chi connectivity index (χ0n) is 6.75. The second-order valence-electron chi connectivity index (χ2n) is 1.97. The van der Waals surface area contributed by atoms with Crippen LogP contribution in [0.1, 0.15) is 6.92 Å². The Hall–Kier alpha value is -1.72. The van der Waals surface area contributed by atoms with Gasteiger partial charge in [-0.2, -0.15) is 0 Å². The minimum Gasteiger partial charge on any atom is -0.380 e. The van der Waals surface area contributed by atoms with Crippen LogP contribution >= 0.6 is 0 Å². The SMILES string of the molecule is CN/C(C(C)=O)=C(\C=N)[N+](=O)[O-]. The number of nitrogens with one attached hydrogen (secondary N) is 2. The first-order valence-electron chi connectivity index (χ1n) is 3.12. The number of carbonyl (C=O) groups excluding carboxylic acids is 1. The molecule has 0 amide bonds. The first-order chi connectivity index (χ1) is 5.54. The first-order valence-corrected chi connectivity index (χ1v) is 3.12. The monoisotopic (exact) mass is 171 g/mol. The second-order valence-corrected chi connectivity index (χ2v) is 1.97. The number of hydrogen-bond donors (Lipinski definition) is 2. The van der Waals surface area contributed by atoms with Gasteiger partial charge >= 0.3 is 5.70 Å². The van der Waals surface area contributed by atoms with E-state index in [1.807, 2.05) is 0 Å². The molecule has 6 nitrogen and oxygen atoms in total. The van der Waals surface area contributed by atoms with Crippen LogP contribution in [-0.4, -0.2) is 24.0 Å². The Morgan fingerprint density at radius 3 is 2.25 bits per heavy atom. The van der Waals surface area contributed by atoms with Crippen LogP contribution in [0.25, 0.3) is 0 Å². The van der Waals surface area contributed by atoms with Gasteiger partial charge in [0, 0.05) is 14.0 Å². The summed E-state index contributed by atoms with van der Waals surface area (Å²) >= 11 is 0. The number of carbonyl (C=O) groups is 1. The van der Waals surface area contributed by atoms with Crippen LogP contribution in [0, 0.1) is 15.5 Å². The van der Waals surface area contributed by atoms with Crippen molar-refractivity contribution in [2.24, 2.45) is 0 Å². The molecule has 0 rings (SSSR count). The number of nitrogens with zero attached hydrogens (tertiary/aromatic N) is 1. The summed E-state index contributed by atoms with van der Waals surface area (Å²) in [4.78, 5) is 20.2. The van der Waals surface area contributed by atoms with Gasteiger partial charge in [-0.3, -0.25) is 14.9 Å². The fourth-order valence-corrected chi connectivity index (χ4v) is 0.701. The zero-order chi connectivity index (χ0) is 9.72. The van der Waals surface area contributed by atoms with E-state index in [4.69, 9.17) is 5.41 Å². The van der Waals surface area contributed by atoms with Crippen molar-refractivity contribution < 1.29 is 9.72 Å². The van der Waals surface area contributed by atoms with Gasteiger partial charge in [-0.15, -0.1) is 0 Å². The number of hydrogen-bond acceptors (Lipinski definition) is 5. The van der Waals surface area contributed by atoms with Gasteiger partial charge < -0.3 is 10.7 Å². The summed E-state index contributed by atoms with van der Waals surface area (Å²) < 4.78 is 0. The Balaban J connectivity index is 5.15. The molecule has 2 N–H and O–H groups in total. The molecule has 0 unspecified atom stereocenters. The molecule has 0 aliphatic carbocycles. The average Bonchev–Trinajstić information content (AvgIpc) is 1.98. The normalized spacial score (nSPS) is 11.5. The molecule has 0 saturated heterocycles. The highest BCUT2D eigenvalue weighted by molar-refractivity contribution is 5.97. The van der Waals surface area contributed by atoms with Gasteiger partial charge in [0.25, 0.3) is 0 Å². The van der Waals surface area contributed by atoms with Gasteiger partial charge in [-0.25, -0.2) is 0 Å². The van der Waals surface area contributed by atoms with Crippen LogP contribution in [0.3, 0.4) is 0 Å². The number of ketones is 1. The average molecular weight is 171 g/mol. The molecule has 0 saturated carbocycles. The number of allylic oxidation sites excluding steroid dienone is 2. The fourth-order valence-electron chi connectivity index (χ4n) is 0.701. The maximum absolute atomic E-state index is 10.8. The van der Waals surface area contributed by atoms with Gasteiger partial charge in [-0.1, -0.05) is 0 Å². The first kappa shape index (κ1) is 10.3. The summed E-state index contributed by atoms with van der Waals surface area (Å²) in [5, 5.41) is 19.3. The van der Waals surface area contributed by atoms with Gasteiger partial charge in [-0.05, 0) is 0 Å². The molecule has 0 atom stereocenters. The Morgan fingerprint density at radius 2 is 2.17 bits per heavy atom. The standard InChI is InChI=1S/C6H9N3O3/c1-4(10)6(8-2)5(3-7)9(11)12/h3,7-8H,1-2H3/b6-5+,7-3?. The molecule has 0 aliphatic rings. The summed E-state index contributed by atoms with van der Waals surface area (Å²) in [5.41, 5.74) is -0.681. The van der Waals surface area contributed by atoms with Crippen LogP contribution in [0.2, 0.25) is 0 Å². The predicted octanol–water partition coefficient (Wildman–Crippen LogP) is -0.0673. The molecular formula is C6H9N3O3. The molecule has 0 radical (unpaired) electrons. The van der Waals surface area contributed by atoms with Crippen molar-refractivity contribution in [1.29, 1.82) is 5.41 Å². The lowest BCUT2D eigenvalue weighted by Crippen LogP contribution is -2.20. The molecule has 0 heterocycles. The van der Waals surface area contributed by atoms with Gasteiger partial charge in [0.2, 0.25) is 0 Å². The minimum absolute atomic E-state index is 0.157. The van der Waals surface area contributed by atoms with E-state index in [9.17, 15) is 14.9 Å². The highest BCUT2D eigenvalue weighted by Crippen LogP contribution is 2.00. The number of nitro groups is 1. The van der Waals surface area contributed by atoms with Crippen molar-refractivity contribution in [3.8, 4) is 0 Å². The van der Waals surface area contributed by atoms with Crippen molar-refractivity contribution in [3.05, 3.63) is 21.5 Å². The van der Waals surface area contributed by atoms with Crippen molar-refractivity contribution >= 4 is 12.0 Å². The van der Waals surface area contributed by atoms with Crippen LogP contribution in [0.15, 0.2) is 11.4 Å². The van der Waals surface area contributed by atoms with Gasteiger partial charge in [0.1, 0.15) is 0 Å². The molecule has 12 heavy (non-hydrogen) atoms. The third-order valence-electron chi connectivity index (χ3n) is 1.19. The summed E-state index contributed by atoms with van der Waals surface area (Å²) in [6.07, 6.45) is 0.535. The van der Waals surface area contributed by atoms with E-state index in [-0.39, 0.29) is 5.70 Å². The molecule has 0 aromatic heterocycles. The van der Waals surface area contributed by atoms with Gasteiger partial charge in [0.05, 0.1) is 11.1 Å². The molecule has 0 fully saturated rings. The quantitative estimate of drug-likeness (QED) is 0.268. The highest BCUT2D eigenvalue weighted by atomic mass is 16.6. The third-order valence-corrected chi connectivity index (χ3v) is 1.19. The smallest absolute Gasteiger partial charge is 0.313 e. The second kappa shape index (κ2) is 4.22. The molecule has 0 spiro atoms. The Kier molecular flexibility index (Phi) is 3.61. The topological polar surface area (TPSA) is 96.1 Å². The largest absolute Gasteiger partial charge is 0.380 e. The van der Waals surface area contributed by atoms with Crippen LogP contribution in [0.5, 0.6) is 0 Å². The number of rotatable bonds is 4. The lowest BCUT2D eigenvalue weighted by molar-refractivity contribution is -0.415. The molecule has 0 aromatic rings. The molecule has 0 bridgehead atoms. The lowest BCUT2D eigenvalue weighted by Gasteiger charge is -2.00. The van der Waals surface area contributed by atoms with Crippen LogP contribution in [-0.2, 0) is 4.79 Å². The fraction of sp³-hybridized carbons (Fsp3) is 0.333. The van der Waals surface area contributed by atoms with E-state index >= 15 is 0 Å². The van der Waals surface area contributed by atoms with Crippen molar-refractivity contribution in [1.82, 2.24) is 5.32 Å². The molecule has 6 heteroatoms. The van der Waals surface area contributed by atoms with Crippen LogP contribution in [0.4, 0.5) is 0 Å². The van der Waals surface area contributed by atoms with E-state index < -0.39 is 16.4 Å². The highest BCUT2D eigenvalue weighted by Gasteiger charge is 2.17. The van der Waals surface area contributed by atoms with E-state index in [1.54, 1.807) is 0 Å². The Labute approximate surface area is 68.9 Å². The van der Waals surface area contributed by atoms with E-state index in [0.717, 1.165) is 0 Å². The van der Waals surface area contributed by atoms with E-state index in [2.05, 4.69) is 5.32 Å². The van der Waals surface area contributed by atoms with Crippen molar-refractivity contribution in [2.45, 2.75) is 6.92 Å². The number of Topliss-reactive ketones (excluding diaryl/α,β-unsaturated/α-hetero) is 1. The Morgan fingerprint density at radius 1 is 1.67 bits per heavy atom. The summed E-state index contributed by atoms with van der Waals surface area (Å²) in [6, 6.07) is 0. The maximum Gasteiger partial charge on any atom is 0.313 e. The van der Waals surface area contributed by atoms with E-state index in [0.29, 0.717) is 6.21 Å². The molecule has 0 aromatic carbocycles. The van der Waals surface area contributed by atoms with Gasteiger partial charge in [0.15, 0.2) is 11.5 Å². The molecule has 0 aliphatic heterocycles. The van der Waals surface area contributed by atoms with Crippen molar-refractivity contribution in [2.75, 3.05) is 7.05 Å². The van der Waals surface area contributed by atoms with Crippen molar-refractivity contribution in [3.63, 3.8) is 0 Å².